The van der Waals surface area contributed by atoms with Gasteiger partial charge in [-0.2, -0.15) is 5.10 Å². The highest BCUT2D eigenvalue weighted by atomic mass is 16.5. The van der Waals surface area contributed by atoms with Crippen LogP contribution in [0, 0.1) is 0 Å². The molecule has 0 spiro atoms. The number of hydrogen-bond acceptors (Lipinski definition) is 5. The zero-order valence-corrected chi connectivity index (χ0v) is 14.8. The van der Waals surface area contributed by atoms with Gasteiger partial charge in [-0.15, -0.1) is 0 Å². The smallest absolute Gasteiger partial charge is 0.221 e. The molecular weight excluding hydrogens is 320 g/mol. The van der Waals surface area contributed by atoms with E-state index in [2.05, 4.69) is 27.2 Å². The van der Waals surface area contributed by atoms with Gasteiger partial charge in [0.15, 0.2) is 0 Å². The summed E-state index contributed by atoms with van der Waals surface area (Å²) in [5, 5.41) is 7.11. The van der Waals surface area contributed by atoms with E-state index in [0.717, 1.165) is 18.9 Å². The molecule has 8 heteroatoms. The predicted octanol–water partition coefficient (Wildman–Crippen LogP) is 0.585. The Bertz CT molecular complexity index is 668. The second-order valence-electron chi connectivity index (χ2n) is 6.20. The molecule has 0 unspecified atom stereocenters. The number of hydrogen-bond donors (Lipinski definition) is 1. The molecule has 0 saturated carbocycles. The molecule has 0 radical (unpaired) electrons. The Morgan fingerprint density at radius 2 is 2.28 bits per heavy atom. The van der Waals surface area contributed by atoms with Crippen LogP contribution in [0.5, 0.6) is 0 Å². The van der Waals surface area contributed by atoms with Gasteiger partial charge in [-0.05, 0) is 12.6 Å². The minimum atomic E-state index is -0.108. The fourth-order valence-electron chi connectivity index (χ4n) is 3.26. The lowest BCUT2D eigenvalue weighted by Crippen LogP contribution is -2.50. The van der Waals surface area contributed by atoms with E-state index >= 15 is 0 Å². The fraction of sp³-hybridized carbons (Fsp3) is 0.588. The van der Waals surface area contributed by atoms with Crippen molar-refractivity contribution in [2.75, 3.05) is 26.2 Å². The van der Waals surface area contributed by atoms with E-state index in [4.69, 9.17) is 4.74 Å². The Morgan fingerprint density at radius 3 is 2.96 bits per heavy atom. The number of morpholine rings is 1. The van der Waals surface area contributed by atoms with Crippen molar-refractivity contribution in [3.8, 4) is 0 Å². The molecule has 3 rings (SSSR count). The number of aromatic nitrogens is 4. The van der Waals surface area contributed by atoms with Crippen molar-refractivity contribution in [1.82, 2.24) is 29.5 Å². The SMILES string of the molecule is CCN1CCO[C@@H](CNC(=O)CCn2cccn2)[C@@H]1c1nccn1C. The van der Waals surface area contributed by atoms with Crippen LogP contribution in [0.3, 0.4) is 0 Å². The van der Waals surface area contributed by atoms with Gasteiger partial charge in [0.05, 0.1) is 18.8 Å². The average molecular weight is 346 g/mol. The zero-order chi connectivity index (χ0) is 17.6. The third kappa shape index (κ3) is 4.26. The number of nitrogens with one attached hydrogen (secondary N) is 1. The van der Waals surface area contributed by atoms with Crippen molar-refractivity contribution in [3.63, 3.8) is 0 Å². The lowest BCUT2D eigenvalue weighted by molar-refractivity contribution is -0.123. The van der Waals surface area contributed by atoms with Crippen LogP contribution >= 0.6 is 0 Å². The summed E-state index contributed by atoms with van der Waals surface area (Å²) in [5.41, 5.74) is 0. The third-order valence-corrected chi connectivity index (χ3v) is 4.61. The third-order valence-electron chi connectivity index (χ3n) is 4.61. The minimum Gasteiger partial charge on any atom is -0.373 e. The number of carbonyl (C=O) groups excluding carboxylic acids is 1. The molecule has 1 aliphatic heterocycles. The van der Waals surface area contributed by atoms with Gasteiger partial charge >= 0.3 is 0 Å². The maximum Gasteiger partial charge on any atom is 0.221 e. The topological polar surface area (TPSA) is 77.2 Å². The predicted molar refractivity (Wildman–Crippen MR) is 92.8 cm³/mol. The number of likely N-dealkylation sites (N-methyl/N-ethyl adjacent to an activating group) is 1. The van der Waals surface area contributed by atoms with Crippen molar-refractivity contribution in [1.29, 1.82) is 0 Å². The van der Waals surface area contributed by atoms with Gasteiger partial charge < -0.3 is 14.6 Å². The van der Waals surface area contributed by atoms with Gasteiger partial charge in [0.1, 0.15) is 5.82 Å². The van der Waals surface area contributed by atoms with Crippen molar-refractivity contribution in [3.05, 3.63) is 36.7 Å². The molecule has 1 saturated heterocycles. The lowest BCUT2D eigenvalue weighted by atomic mass is 10.1. The Balaban J connectivity index is 1.59. The molecule has 3 heterocycles. The number of imidazole rings is 1. The first-order chi connectivity index (χ1) is 12.2. The molecule has 1 amide bonds. The summed E-state index contributed by atoms with van der Waals surface area (Å²) >= 11 is 0. The molecule has 8 nitrogen and oxygen atoms in total. The number of amides is 1. The van der Waals surface area contributed by atoms with E-state index in [1.165, 1.54) is 0 Å². The zero-order valence-electron chi connectivity index (χ0n) is 14.8. The quantitative estimate of drug-likeness (QED) is 0.794. The summed E-state index contributed by atoms with van der Waals surface area (Å²) in [6, 6.07) is 1.90. The van der Waals surface area contributed by atoms with E-state index in [9.17, 15) is 4.79 Å². The molecule has 2 aromatic rings. The summed E-state index contributed by atoms with van der Waals surface area (Å²) in [6.07, 6.45) is 7.61. The van der Waals surface area contributed by atoms with E-state index in [-0.39, 0.29) is 18.1 Å². The monoisotopic (exact) mass is 346 g/mol. The van der Waals surface area contributed by atoms with E-state index in [1.54, 1.807) is 17.1 Å². The first kappa shape index (κ1) is 17.6. The molecular formula is C17H26N6O2. The minimum absolute atomic E-state index is 0.00584. The highest BCUT2D eigenvalue weighted by Crippen LogP contribution is 2.27. The maximum atomic E-state index is 12.1. The van der Waals surface area contributed by atoms with E-state index in [0.29, 0.717) is 26.1 Å². The molecule has 136 valence electrons. The van der Waals surface area contributed by atoms with Gasteiger partial charge in [0.25, 0.3) is 0 Å². The Hall–Kier alpha value is -2.19. The molecule has 0 aliphatic carbocycles. The lowest BCUT2D eigenvalue weighted by Gasteiger charge is -2.40. The summed E-state index contributed by atoms with van der Waals surface area (Å²) in [7, 11) is 1.99. The molecule has 1 fully saturated rings. The van der Waals surface area contributed by atoms with Crippen molar-refractivity contribution in [2.45, 2.75) is 32.0 Å². The van der Waals surface area contributed by atoms with Crippen LogP contribution in [0.2, 0.25) is 0 Å². The standard InChI is InChI=1S/C17H26N6O2/c1-3-22-11-12-25-14(16(22)17-18-7-10-21(17)2)13-19-15(24)5-9-23-8-4-6-20-23/h4,6-8,10,14,16H,3,5,9,11-13H2,1-2H3,(H,19,24)/t14-,16+/m0/s1. The van der Waals surface area contributed by atoms with Crippen LogP contribution in [0.25, 0.3) is 0 Å². The van der Waals surface area contributed by atoms with E-state index in [1.807, 2.05) is 30.1 Å². The summed E-state index contributed by atoms with van der Waals surface area (Å²) in [5.74, 6) is 0.976. The normalized spacial score (nSPS) is 21.4. The summed E-state index contributed by atoms with van der Waals surface area (Å²) < 4.78 is 9.75. The Labute approximate surface area is 147 Å². The van der Waals surface area contributed by atoms with Crippen molar-refractivity contribution in [2.24, 2.45) is 7.05 Å². The van der Waals surface area contributed by atoms with Crippen LogP contribution in [-0.2, 0) is 23.1 Å². The molecule has 2 aromatic heterocycles. The van der Waals surface area contributed by atoms with Crippen LogP contribution < -0.4 is 5.32 Å². The molecule has 1 N–H and O–H groups in total. The number of rotatable bonds is 7. The molecule has 25 heavy (non-hydrogen) atoms. The molecule has 0 aromatic carbocycles. The largest absolute Gasteiger partial charge is 0.373 e. The number of carbonyl (C=O) groups is 1. The van der Waals surface area contributed by atoms with E-state index < -0.39 is 0 Å². The second kappa shape index (κ2) is 8.26. The Kier molecular flexibility index (Phi) is 5.83. The number of ether oxygens (including phenoxy) is 1. The van der Waals surface area contributed by atoms with Gasteiger partial charge in [-0.1, -0.05) is 6.92 Å². The van der Waals surface area contributed by atoms with Gasteiger partial charge in [0, 0.05) is 57.9 Å². The number of aryl methyl sites for hydroxylation is 2. The van der Waals surface area contributed by atoms with Crippen LogP contribution in [0.15, 0.2) is 30.9 Å². The van der Waals surface area contributed by atoms with Gasteiger partial charge in [-0.3, -0.25) is 14.4 Å². The molecule has 0 bridgehead atoms. The van der Waals surface area contributed by atoms with Gasteiger partial charge in [0.2, 0.25) is 5.91 Å². The fourth-order valence-corrected chi connectivity index (χ4v) is 3.26. The first-order valence-electron chi connectivity index (χ1n) is 8.76. The van der Waals surface area contributed by atoms with Crippen molar-refractivity contribution >= 4 is 5.91 Å². The van der Waals surface area contributed by atoms with Gasteiger partial charge in [-0.25, -0.2) is 4.98 Å². The molecule has 1 aliphatic rings. The van der Waals surface area contributed by atoms with Crippen LogP contribution in [0.1, 0.15) is 25.2 Å². The number of nitrogens with zero attached hydrogens (tertiary/aromatic N) is 5. The van der Waals surface area contributed by atoms with Crippen LogP contribution in [-0.4, -0.2) is 62.5 Å². The van der Waals surface area contributed by atoms with Crippen LogP contribution in [0.4, 0.5) is 0 Å². The highest BCUT2D eigenvalue weighted by Gasteiger charge is 2.35. The summed E-state index contributed by atoms with van der Waals surface area (Å²) in [6.45, 7) is 5.66. The second-order valence-corrected chi connectivity index (χ2v) is 6.20. The van der Waals surface area contributed by atoms with Crippen molar-refractivity contribution < 1.29 is 9.53 Å². The molecule has 2 atom stereocenters. The maximum absolute atomic E-state index is 12.1. The Morgan fingerprint density at radius 1 is 1.40 bits per heavy atom. The average Bonchev–Trinajstić information content (AvgIpc) is 3.29. The first-order valence-corrected chi connectivity index (χ1v) is 8.76. The highest BCUT2D eigenvalue weighted by molar-refractivity contribution is 5.75. The summed E-state index contributed by atoms with van der Waals surface area (Å²) in [4.78, 5) is 19.0.